The highest BCUT2D eigenvalue weighted by molar-refractivity contribution is 5.89. The summed E-state index contributed by atoms with van der Waals surface area (Å²) >= 11 is 0. The maximum Gasteiger partial charge on any atom is 0.297 e. The summed E-state index contributed by atoms with van der Waals surface area (Å²) in [6.07, 6.45) is 11.1. The molecule has 0 bridgehead atoms. The van der Waals surface area contributed by atoms with Gasteiger partial charge in [0.25, 0.3) is 5.56 Å². The van der Waals surface area contributed by atoms with E-state index in [1.54, 1.807) is 16.7 Å². The number of ether oxygens (including phenoxy) is 2. The molecule has 1 aromatic heterocycles. The van der Waals surface area contributed by atoms with Crippen LogP contribution in [-0.4, -0.2) is 16.3 Å². The molecule has 0 unspecified atom stereocenters. The molecule has 1 heterocycles. The molecule has 3 rings (SSSR count). The summed E-state index contributed by atoms with van der Waals surface area (Å²) in [7, 11) is 0. The Morgan fingerprint density at radius 1 is 0.771 bits per heavy atom. The summed E-state index contributed by atoms with van der Waals surface area (Å²) in [5.41, 5.74) is 1.51. The molecule has 0 fully saturated rings. The number of nitrogens with zero attached hydrogens (tertiary/aromatic N) is 1. The van der Waals surface area contributed by atoms with Crippen molar-refractivity contribution < 1.29 is 14.6 Å². The Bertz CT molecular complexity index is 1090. The van der Waals surface area contributed by atoms with Gasteiger partial charge in [-0.15, -0.1) is 0 Å². The molecule has 3 aromatic rings. The normalized spacial score (nSPS) is 11.1. The van der Waals surface area contributed by atoms with Gasteiger partial charge in [-0.3, -0.25) is 4.79 Å². The van der Waals surface area contributed by atoms with Crippen molar-refractivity contribution in [1.29, 1.82) is 0 Å². The number of rotatable bonds is 16. The molecule has 0 radical (unpaired) electrons. The first kappa shape index (κ1) is 26.7. The Hall–Kier alpha value is -2.95. The van der Waals surface area contributed by atoms with Crippen molar-refractivity contribution in [3.63, 3.8) is 0 Å². The molecular formula is C30H41NO4. The third-order valence-corrected chi connectivity index (χ3v) is 6.37. The second-order valence-corrected chi connectivity index (χ2v) is 9.27. The molecule has 0 amide bonds. The number of phenols is 1. The number of unbranched alkanes of at least 4 members (excludes halogenated alkanes) is 8. The maximum atomic E-state index is 13.7. The van der Waals surface area contributed by atoms with Crippen molar-refractivity contribution in [2.45, 2.75) is 91.2 Å². The minimum absolute atomic E-state index is 0.133. The molecule has 35 heavy (non-hydrogen) atoms. The second-order valence-electron chi connectivity index (χ2n) is 9.27. The molecule has 190 valence electrons. The SMILES string of the molecule is CCCCCCCCOc1c(OCc2ccccc2)c2ccc(O)cc2n(CCCCCC)c1=O. The first-order valence-corrected chi connectivity index (χ1v) is 13.3. The van der Waals surface area contributed by atoms with Gasteiger partial charge in [0.2, 0.25) is 5.75 Å². The molecule has 0 aliphatic rings. The smallest absolute Gasteiger partial charge is 0.297 e. The van der Waals surface area contributed by atoms with Gasteiger partial charge < -0.3 is 19.1 Å². The fourth-order valence-electron chi connectivity index (χ4n) is 4.36. The number of aromatic nitrogens is 1. The van der Waals surface area contributed by atoms with Crippen molar-refractivity contribution in [1.82, 2.24) is 4.57 Å². The Kier molecular flexibility index (Phi) is 11.0. The highest BCUT2D eigenvalue weighted by Crippen LogP contribution is 2.35. The monoisotopic (exact) mass is 479 g/mol. The Labute approximate surface area is 209 Å². The molecule has 0 atom stereocenters. The highest BCUT2D eigenvalue weighted by Gasteiger charge is 2.20. The average Bonchev–Trinajstić information content (AvgIpc) is 2.87. The Balaban J connectivity index is 1.91. The van der Waals surface area contributed by atoms with Gasteiger partial charge in [-0.2, -0.15) is 0 Å². The number of benzene rings is 2. The van der Waals surface area contributed by atoms with Crippen LogP contribution in [0.2, 0.25) is 0 Å². The van der Waals surface area contributed by atoms with E-state index in [1.807, 2.05) is 36.4 Å². The molecule has 0 aliphatic carbocycles. The summed E-state index contributed by atoms with van der Waals surface area (Å²) < 4.78 is 14.1. The lowest BCUT2D eigenvalue weighted by Gasteiger charge is -2.19. The van der Waals surface area contributed by atoms with Crippen molar-refractivity contribution in [2.75, 3.05) is 6.61 Å². The fraction of sp³-hybridized carbons (Fsp3) is 0.500. The number of hydrogen-bond donors (Lipinski definition) is 1. The van der Waals surface area contributed by atoms with Crippen molar-refractivity contribution >= 4 is 10.9 Å². The second kappa shape index (κ2) is 14.4. The third-order valence-electron chi connectivity index (χ3n) is 6.37. The summed E-state index contributed by atoms with van der Waals surface area (Å²) in [6, 6.07) is 15.0. The first-order chi connectivity index (χ1) is 17.2. The van der Waals surface area contributed by atoms with E-state index >= 15 is 0 Å². The minimum Gasteiger partial charge on any atom is -0.508 e. The van der Waals surface area contributed by atoms with E-state index in [0.717, 1.165) is 49.5 Å². The van der Waals surface area contributed by atoms with Gasteiger partial charge in [0.15, 0.2) is 5.75 Å². The zero-order valence-corrected chi connectivity index (χ0v) is 21.4. The summed E-state index contributed by atoms with van der Waals surface area (Å²) in [5.74, 6) is 0.877. The molecule has 0 spiro atoms. The van der Waals surface area contributed by atoms with Crippen LogP contribution in [0.15, 0.2) is 53.3 Å². The minimum atomic E-state index is -0.186. The topological polar surface area (TPSA) is 60.7 Å². The van der Waals surface area contributed by atoms with Gasteiger partial charge in [0.1, 0.15) is 12.4 Å². The molecule has 2 aromatic carbocycles. The summed E-state index contributed by atoms with van der Waals surface area (Å²) in [6.45, 7) is 5.80. The number of aromatic hydroxyl groups is 1. The number of fused-ring (bicyclic) bond motifs is 1. The lowest BCUT2D eigenvalue weighted by atomic mass is 10.1. The van der Waals surface area contributed by atoms with Crippen molar-refractivity contribution in [3.8, 4) is 17.2 Å². The predicted molar refractivity (Wildman–Crippen MR) is 144 cm³/mol. The maximum absolute atomic E-state index is 13.7. The number of phenolic OH excluding ortho intramolecular Hbond substituents is 1. The van der Waals surface area contributed by atoms with E-state index in [1.165, 1.54) is 25.7 Å². The quantitative estimate of drug-likeness (QED) is 0.215. The first-order valence-electron chi connectivity index (χ1n) is 13.3. The van der Waals surface area contributed by atoms with Gasteiger partial charge >= 0.3 is 0 Å². The van der Waals surface area contributed by atoms with E-state index < -0.39 is 0 Å². The molecular weight excluding hydrogens is 438 g/mol. The van der Waals surface area contributed by atoms with E-state index in [-0.39, 0.29) is 17.1 Å². The zero-order valence-electron chi connectivity index (χ0n) is 21.4. The average molecular weight is 480 g/mol. The fourth-order valence-corrected chi connectivity index (χ4v) is 4.36. The van der Waals surface area contributed by atoms with E-state index in [2.05, 4.69) is 13.8 Å². The number of pyridine rings is 1. The molecule has 5 heteroatoms. The molecule has 5 nitrogen and oxygen atoms in total. The van der Waals surface area contributed by atoms with Crippen LogP contribution < -0.4 is 15.0 Å². The highest BCUT2D eigenvalue weighted by atomic mass is 16.5. The predicted octanol–water partition coefficient (Wildman–Crippen LogP) is 7.61. The Morgan fingerprint density at radius 3 is 2.20 bits per heavy atom. The number of hydrogen-bond acceptors (Lipinski definition) is 4. The van der Waals surface area contributed by atoms with Crippen LogP contribution in [0.4, 0.5) is 0 Å². The van der Waals surface area contributed by atoms with Gasteiger partial charge in [-0.1, -0.05) is 95.5 Å². The van der Waals surface area contributed by atoms with Crippen molar-refractivity contribution in [3.05, 3.63) is 64.4 Å². The largest absolute Gasteiger partial charge is 0.508 e. The van der Waals surface area contributed by atoms with E-state index in [0.29, 0.717) is 31.0 Å². The summed E-state index contributed by atoms with van der Waals surface area (Å²) in [4.78, 5) is 13.7. The van der Waals surface area contributed by atoms with Crippen LogP contribution in [0.25, 0.3) is 10.9 Å². The van der Waals surface area contributed by atoms with Crippen LogP contribution in [-0.2, 0) is 13.2 Å². The molecule has 0 aliphatic heterocycles. The van der Waals surface area contributed by atoms with Crippen LogP contribution >= 0.6 is 0 Å². The van der Waals surface area contributed by atoms with Gasteiger partial charge in [0.05, 0.1) is 12.1 Å². The molecule has 0 saturated carbocycles. The zero-order chi connectivity index (χ0) is 24.9. The summed E-state index contributed by atoms with van der Waals surface area (Å²) in [5, 5.41) is 11.0. The van der Waals surface area contributed by atoms with Gasteiger partial charge in [-0.25, -0.2) is 0 Å². The standard InChI is InChI=1S/C30H41NO4/c1-3-5-7-9-10-15-21-34-29-28(35-23-24-16-12-11-13-17-24)26-19-18-25(32)22-27(26)31(30(29)33)20-14-8-6-4-2/h11-13,16-19,22,32H,3-10,14-15,20-21,23H2,1-2H3. The van der Waals surface area contributed by atoms with Gasteiger partial charge in [-0.05, 0) is 30.5 Å². The van der Waals surface area contributed by atoms with Crippen molar-refractivity contribution in [2.24, 2.45) is 0 Å². The van der Waals surface area contributed by atoms with Crippen LogP contribution in [0.1, 0.15) is 83.6 Å². The molecule has 0 saturated heterocycles. The van der Waals surface area contributed by atoms with E-state index in [9.17, 15) is 9.90 Å². The van der Waals surface area contributed by atoms with E-state index in [4.69, 9.17) is 9.47 Å². The Morgan fingerprint density at radius 2 is 1.46 bits per heavy atom. The van der Waals surface area contributed by atoms with Crippen LogP contribution in [0.5, 0.6) is 17.2 Å². The number of aryl methyl sites for hydroxylation is 1. The molecule has 1 N–H and O–H groups in total. The lowest BCUT2D eigenvalue weighted by Crippen LogP contribution is -2.24. The van der Waals surface area contributed by atoms with Gasteiger partial charge in [0, 0.05) is 18.0 Å². The van der Waals surface area contributed by atoms with Crippen LogP contribution in [0, 0.1) is 0 Å². The van der Waals surface area contributed by atoms with Crippen LogP contribution in [0.3, 0.4) is 0 Å². The lowest BCUT2D eigenvalue weighted by molar-refractivity contribution is 0.255. The third kappa shape index (κ3) is 7.78.